The fourth-order valence-electron chi connectivity index (χ4n) is 8.29. The lowest BCUT2D eigenvalue weighted by molar-refractivity contribution is -0.138. The quantitative estimate of drug-likeness (QED) is 0.190. The van der Waals surface area contributed by atoms with Gasteiger partial charge in [-0.3, -0.25) is 15.0 Å². The predicted octanol–water partition coefficient (Wildman–Crippen LogP) is 4.45. The van der Waals surface area contributed by atoms with Gasteiger partial charge >= 0.3 is 11.4 Å². The lowest BCUT2D eigenvalue weighted by atomic mass is 9.53. The SMILES string of the molecule is COc1cc(O)c(C2C3=CCn4c(=O)n(-c5ccccc5)c(=O)n4C3CC3C(=O)N(Nc4ccc(C)cc4)C(=O)C32c2ccccc2)c(OC)c1. The number of aromatic nitrogens is 3. The van der Waals surface area contributed by atoms with Crippen LogP contribution in [0.4, 0.5) is 5.69 Å². The lowest BCUT2D eigenvalue weighted by Crippen LogP contribution is -2.53. The third kappa shape index (κ3) is 4.59. The van der Waals surface area contributed by atoms with Gasteiger partial charge in [-0.1, -0.05) is 72.3 Å². The Hall–Kier alpha value is -6.30. The molecule has 12 heteroatoms. The Labute approximate surface area is 292 Å². The zero-order chi connectivity index (χ0) is 35.6. The molecule has 2 fully saturated rings. The summed E-state index contributed by atoms with van der Waals surface area (Å²) in [5, 5.41) is 12.9. The number of nitrogens with zero attached hydrogens (tertiary/aromatic N) is 4. The first-order chi connectivity index (χ1) is 24.7. The van der Waals surface area contributed by atoms with Gasteiger partial charge in [-0.15, -0.1) is 0 Å². The number of para-hydroxylation sites is 1. The summed E-state index contributed by atoms with van der Waals surface area (Å²) in [6, 6.07) is 27.3. The number of nitrogens with one attached hydrogen (secondary N) is 1. The first kappa shape index (κ1) is 31.9. The number of methoxy groups -OCH3 is 2. The number of allylic oxidation sites excluding steroid dienone is 2. The van der Waals surface area contributed by atoms with E-state index >= 15 is 4.79 Å². The number of benzene rings is 4. The van der Waals surface area contributed by atoms with Crippen LogP contribution in [0.5, 0.6) is 17.2 Å². The molecule has 2 N–H and O–H groups in total. The van der Waals surface area contributed by atoms with Gasteiger partial charge in [-0.25, -0.2) is 23.5 Å². The molecule has 0 radical (unpaired) electrons. The van der Waals surface area contributed by atoms with Crippen molar-refractivity contribution in [2.24, 2.45) is 5.92 Å². The lowest BCUT2D eigenvalue weighted by Gasteiger charge is -2.49. The van der Waals surface area contributed by atoms with Crippen LogP contribution in [-0.4, -0.2) is 50.1 Å². The molecule has 5 aromatic rings. The van der Waals surface area contributed by atoms with Gasteiger partial charge in [-0.2, -0.15) is 5.01 Å². The van der Waals surface area contributed by atoms with Gasteiger partial charge in [0.25, 0.3) is 11.8 Å². The second-order valence-electron chi connectivity index (χ2n) is 13.1. The molecular weight excluding hydrogens is 650 g/mol. The van der Waals surface area contributed by atoms with Crippen LogP contribution in [0.3, 0.4) is 0 Å². The molecule has 2 amide bonds. The summed E-state index contributed by atoms with van der Waals surface area (Å²) in [4.78, 5) is 58.4. The molecule has 8 rings (SSSR count). The maximum Gasteiger partial charge on any atom is 0.352 e. The molecule has 2 aliphatic heterocycles. The number of imide groups is 1. The summed E-state index contributed by atoms with van der Waals surface area (Å²) in [7, 11) is 2.92. The number of fused-ring (bicyclic) bond motifs is 4. The average molecular weight is 686 g/mol. The van der Waals surface area contributed by atoms with Gasteiger partial charge in [0.1, 0.15) is 17.2 Å². The molecule has 258 valence electrons. The van der Waals surface area contributed by atoms with E-state index in [1.54, 1.807) is 60.7 Å². The van der Waals surface area contributed by atoms with E-state index in [2.05, 4.69) is 5.43 Å². The van der Waals surface area contributed by atoms with Crippen LogP contribution in [0.25, 0.3) is 5.69 Å². The van der Waals surface area contributed by atoms with Crippen molar-refractivity contribution in [1.29, 1.82) is 0 Å². The van der Waals surface area contributed by atoms with E-state index in [4.69, 9.17) is 9.47 Å². The molecule has 1 aliphatic carbocycles. The number of anilines is 1. The van der Waals surface area contributed by atoms with Crippen molar-refractivity contribution in [3.8, 4) is 22.9 Å². The van der Waals surface area contributed by atoms with Crippen molar-refractivity contribution in [3.63, 3.8) is 0 Å². The van der Waals surface area contributed by atoms with Crippen LogP contribution in [0.2, 0.25) is 0 Å². The monoisotopic (exact) mass is 685 g/mol. The molecule has 1 aromatic heterocycles. The number of hydrogen-bond donors (Lipinski definition) is 2. The fourth-order valence-corrected chi connectivity index (χ4v) is 8.29. The number of hydrogen-bond acceptors (Lipinski definition) is 8. The smallest absolute Gasteiger partial charge is 0.352 e. The van der Waals surface area contributed by atoms with E-state index in [0.717, 1.165) is 15.1 Å². The van der Waals surface area contributed by atoms with Crippen molar-refractivity contribution in [3.05, 3.63) is 146 Å². The number of hydrazine groups is 1. The van der Waals surface area contributed by atoms with Gasteiger partial charge < -0.3 is 14.6 Å². The Morgan fingerprint density at radius 1 is 0.843 bits per heavy atom. The molecule has 4 atom stereocenters. The highest BCUT2D eigenvalue weighted by Crippen LogP contribution is 2.64. The van der Waals surface area contributed by atoms with Crippen molar-refractivity contribution in [2.45, 2.75) is 37.3 Å². The molecule has 51 heavy (non-hydrogen) atoms. The van der Waals surface area contributed by atoms with Gasteiger partial charge in [-0.05, 0) is 48.7 Å². The van der Waals surface area contributed by atoms with Crippen LogP contribution in [-0.2, 0) is 21.5 Å². The van der Waals surface area contributed by atoms with Crippen LogP contribution < -0.4 is 26.3 Å². The Kier molecular flexibility index (Phi) is 7.48. The molecule has 4 unspecified atom stereocenters. The number of phenolic OH excluding ortho intramolecular Hbond substituents is 1. The van der Waals surface area contributed by atoms with Crippen LogP contribution >= 0.6 is 0 Å². The molecule has 3 aliphatic rings. The fraction of sp³-hybridized carbons (Fsp3) is 0.231. The second kappa shape index (κ2) is 11.9. The second-order valence-corrected chi connectivity index (χ2v) is 13.1. The van der Waals surface area contributed by atoms with Crippen molar-refractivity contribution >= 4 is 17.5 Å². The van der Waals surface area contributed by atoms with Gasteiger partial charge in [0.15, 0.2) is 0 Å². The van der Waals surface area contributed by atoms with Gasteiger partial charge in [0.2, 0.25) is 0 Å². The summed E-state index contributed by atoms with van der Waals surface area (Å²) in [5.41, 5.74) is 3.72. The molecular formula is C39H35N5O7. The minimum atomic E-state index is -1.61. The predicted molar refractivity (Wildman–Crippen MR) is 188 cm³/mol. The van der Waals surface area contributed by atoms with Gasteiger partial charge in [0, 0.05) is 23.6 Å². The Morgan fingerprint density at radius 2 is 1.53 bits per heavy atom. The summed E-state index contributed by atoms with van der Waals surface area (Å²) in [6.45, 7) is 1.95. The first-order valence-corrected chi connectivity index (χ1v) is 16.6. The maximum absolute atomic E-state index is 15.3. The zero-order valence-corrected chi connectivity index (χ0v) is 28.1. The summed E-state index contributed by atoms with van der Waals surface area (Å²) >= 11 is 0. The summed E-state index contributed by atoms with van der Waals surface area (Å²) in [5.74, 6) is -2.76. The van der Waals surface area contributed by atoms with E-state index in [0.29, 0.717) is 28.3 Å². The van der Waals surface area contributed by atoms with E-state index in [1.807, 2.05) is 43.3 Å². The largest absolute Gasteiger partial charge is 0.507 e. The Morgan fingerprint density at radius 3 is 2.20 bits per heavy atom. The van der Waals surface area contributed by atoms with E-state index in [1.165, 1.54) is 29.6 Å². The minimum Gasteiger partial charge on any atom is -0.507 e. The number of aryl methyl sites for hydroxylation is 1. The minimum absolute atomic E-state index is 0.0124. The first-order valence-electron chi connectivity index (χ1n) is 16.6. The molecule has 1 saturated carbocycles. The Bertz CT molecular complexity index is 2340. The number of aromatic hydroxyl groups is 1. The topological polar surface area (TPSA) is 137 Å². The molecule has 0 bridgehead atoms. The van der Waals surface area contributed by atoms with E-state index in [-0.39, 0.29) is 30.0 Å². The van der Waals surface area contributed by atoms with E-state index < -0.39 is 46.5 Å². The van der Waals surface area contributed by atoms with Crippen molar-refractivity contribution in [2.75, 3.05) is 19.6 Å². The molecule has 0 spiro atoms. The standard InChI is InChI=1S/C39H35N5O7/c1-23-14-16-25(17-15-23)40-43-35(46)29-22-30-28(18-19-41-37(48)42(38(49)44(30)41)26-12-8-5-9-13-26)34(33-31(45)20-27(50-2)21-32(33)51-3)39(29,36(43)47)24-10-6-4-7-11-24/h4-18,20-21,29-30,34,40,45H,19,22H2,1-3H3. The van der Waals surface area contributed by atoms with Crippen molar-refractivity contribution in [1.82, 2.24) is 18.9 Å². The number of phenols is 1. The summed E-state index contributed by atoms with van der Waals surface area (Å²) < 4.78 is 15.2. The number of ether oxygens (including phenoxy) is 2. The third-order valence-electron chi connectivity index (χ3n) is 10.5. The number of amides is 2. The van der Waals surface area contributed by atoms with Crippen LogP contribution in [0, 0.1) is 12.8 Å². The highest BCUT2D eigenvalue weighted by Gasteiger charge is 2.69. The maximum atomic E-state index is 15.3. The average Bonchev–Trinajstić information content (AvgIpc) is 3.53. The molecule has 4 aromatic carbocycles. The zero-order valence-electron chi connectivity index (χ0n) is 28.1. The number of carbonyl (C=O) groups excluding carboxylic acids is 2. The van der Waals surface area contributed by atoms with Crippen LogP contribution in [0.1, 0.15) is 35.1 Å². The van der Waals surface area contributed by atoms with Gasteiger partial charge in [0.05, 0.1) is 49.5 Å². The van der Waals surface area contributed by atoms with Crippen molar-refractivity contribution < 1.29 is 24.2 Å². The summed E-state index contributed by atoms with van der Waals surface area (Å²) in [6.07, 6.45) is 1.86. The Balaban J connectivity index is 1.41. The number of carbonyl (C=O) groups is 2. The molecule has 3 heterocycles. The van der Waals surface area contributed by atoms with Crippen LogP contribution in [0.15, 0.2) is 118 Å². The third-order valence-corrected chi connectivity index (χ3v) is 10.5. The number of rotatable bonds is 7. The highest BCUT2D eigenvalue weighted by atomic mass is 16.5. The normalized spacial score (nSPS) is 22.1. The highest BCUT2D eigenvalue weighted by molar-refractivity contribution is 6.13. The molecule has 1 saturated heterocycles. The molecule has 12 nitrogen and oxygen atoms in total. The van der Waals surface area contributed by atoms with E-state index in [9.17, 15) is 19.5 Å².